The van der Waals surface area contributed by atoms with Gasteiger partial charge in [0.05, 0.1) is 6.54 Å². The van der Waals surface area contributed by atoms with Crippen molar-refractivity contribution >= 4 is 33.8 Å². The molecule has 0 saturated carbocycles. The quantitative estimate of drug-likeness (QED) is 0.685. The molecule has 2 amide bonds. The van der Waals surface area contributed by atoms with Crippen LogP contribution in [0.15, 0.2) is 34.8 Å². The first-order valence-corrected chi connectivity index (χ1v) is 10.6. The van der Waals surface area contributed by atoms with Crippen LogP contribution in [-0.4, -0.2) is 71.8 Å². The van der Waals surface area contributed by atoms with Crippen LogP contribution in [0.25, 0.3) is 6.08 Å². The Kier molecular flexibility index (Phi) is 7.07. The molecular formula is C21H28BrN3O2. The fourth-order valence-electron chi connectivity index (χ4n) is 3.72. The van der Waals surface area contributed by atoms with Crippen molar-refractivity contribution in [2.45, 2.75) is 32.2 Å². The Morgan fingerprint density at radius 3 is 2.44 bits per heavy atom. The first-order chi connectivity index (χ1) is 13.0. The molecule has 1 aromatic rings. The molecule has 0 aromatic heterocycles. The average molecular weight is 434 g/mol. The molecule has 27 heavy (non-hydrogen) atoms. The van der Waals surface area contributed by atoms with Crippen LogP contribution < -0.4 is 0 Å². The Labute approximate surface area is 170 Å². The Morgan fingerprint density at radius 1 is 1.07 bits per heavy atom. The van der Waals surface area contributed by atoms with E-state index in [1.165, 1.54) is 6.42 Å². The first kappa shape index (κ1) is 20.1. The highest BCUT2D eigenvalue weighted by Crippen LogP contribution is 2.17. The van der Waals surface area contributed by atoms with Crippen molar-refractivity contribution in [2.24, 2.45) is 0 Å². The summed E-state index contributed by atoms with van der Waals surface area (Å²) < 4.78 is 1.02. The van der Waals surface area contributed by atoms with Crippen LogP contribution in [0.5, 0.6) is 0 Å². The minimum atomic E-state index is 0.0357. The average Bonchev–Trinajstić information content (AvgIpc) is 2.68. The zero-order chi connectivity index (χ0) is 19.2. The van der Waals surface area contributed by atoms with E-state index in [2.05, 4.69) is 27.8 Å². The van der Waals surface area contributed by atoms with Crippen molar-refractivity contribution in [3.8, 4) is 0 Å². The number of carbonyl (C=O) groups excluding carboxylic acids is 2. The third-order valence-electron chi connectivity index (χ3n) is 5.45. The standard InChI is InChI=1S/C21H28BrN3O2/c1-17-4-2-3-11-25(17)21(27)16-23-12-14-24(15-13-23)20(26)10-7-18-5-8-19(22)9-6-18/h5-10,17H,2-4,11-16H2,1H3/b10-7-/t17-/m0/s1. The maximum absolute atomic E-state index is 12.6. The number of likely N-dealkylation sites (tertiary alicyclic amines) is 1. The second kappa shape index (κ2) is 9.51. The van der Waals surface area contributed by atoms with Crippen LogP contribution in [0.3, 0.4) is 0 Å². The van der Waals surface area contributed by atoms with Crippen LogP contribution in [0.4, 0.5) is 0 Å². The van der Waals surface area contributed by atoms with Crippen LogP contribution >= 0.6 is 15.9 Å². The highest BCUT2D eigenvalue weighted by molar-refractivity contribution is 9.10. The third kappa shape index (κ3) is 5.66. The van der Waals surface area contributed by atoms with Gasteiger partial charge in [-0.15, -0.1) is 0 Å². The molecule has 0 unspecified atom stereocenters. The molecule has 2 saturated heterocycles. The van der Waals surface area contributed by atoms with Gasteiger partial charge >= 0.3 is 0 Å². The molecule has 2 aliphatic heterocycles. The van der Waals surface area contributed by atoms with E-state index >= 15 is 0 Å². The van der Waals surface area contributed by atoms with Crippen molar-refractivity contribution < 1.29 is 9.59 Å². The lowest BCUT2D eigenvalue weighted by Gasteiger charge is -2.37. The summed E-state index contributed by atoms with van der Waals surface area (Å²) in [4.78, 5) is 31.0. The molecule has 0 radical (unpaired) electrons. The van der Waals surface area contributed by atoms with E-state index in [0.29, 0.717) is 25.7 Å². The van der Waals surface area contributed by atoms with E-state index in [1.807, 2.05) is 40.1 Å². The number of hydrogen-bond acceptors (Lipinski definition) is 3. The van der Waals surface area contributed by atoms with Gasteiger partial charge in [0.1, 0.15) is 0 Å². The zero-order valence-electron chi connectivity index (χ0n) is 15.9. The van der Waals surface area contributed by atoms with E-state index in [1.54, 1.807) is 6.08 Å². The SMILES string of the molecule is C[C@H]1CCCCN1C(=O)CN1CCN(C(=O)/C=C\c2ccc(Br)cc2)CC1. The van der Waals surface area contributed by atoms with Gasteiger partial charge < -0.3 is 9.80 Å². The van der Waals surface area contributed by atoms with Gasteiger partial charge in [-0.3, -0.25) is 14.5 Å². The number of piperidine rings is 1. The summed E-state index contributed by atoms with van der Waals surface area (Å²) in [5.41, 5.74) is 1.01. The molecule has 0 aliphatic carbocycles. The monoisotopic (exact) mass is 433 g/mol. The summed E-state index contributed by atoms with van der Waals surface area (Å²) in [5, 5.41) is 0. The summed E-state index contributed by atoms with van der Waals surface area (Å²) in [6, 6.07) is 8.22. The maximum Gasteiger partial charge on any atom is 0.246 e. The van der Waals surface area contributed by atoms with Gasteiger partial charge in [0, 0.05) is 49.3 Å². The molecule has 2 heterocycles. The van der Waals surface area contributed by atoms with E-state index in [4.69, 9.17) is 0 Å². The fourth-order valence-corrected chi connectivity index (χ4v) is 3.99. The predicted octanol–water partition coefficient (Wildman–Crippen LogP) is 3.01. The number of rotatable bonds is 4. The summed E-state index contributed by atoms with van der Waals surface area (Å²) in [6.07, 6.45) is 6.93. The van der Waals surface area contributed by atoms with E-state index < -0.39 is 0 Å². The Balaban J connectivity index is 1.44. The smallest absolute Gasteiger partial charge is 0.246 e. The van der Waals surface area contributed by atoms with Gasteiger partial charge in [-0.2, -0.15) is 0 Å². The van der Waals surface area contributed by atoms with Gasteiger partial charge in [0.25, 0.3) is 0 Å². The topological polar surface area (TPSA) is 43.9 Å². The molecule has 6 heteroatoms. The minimum absolute atomic E-state index is 0.0357. The molecule has 1 atom stereocenters. The van der Waals surface area contributed by atoms with Gasteiger partial charge in [-0.05, 0) is 50.0 Å². The van der Waals surface area contributed by atoms with Crippen molar-refractivity contribution in [1.82, 2.24) is 14.7 Å². The molecule has 2 fully saturated rings. The number of halogens is 1. The lowest BCUT2D eigenvalue weighted by Crippen LogP contribution is -2.52. The lowest BCUT2D eigenvalue weighted by atomic mass is 10.0. The van der Waals surface area contributed by atoms with E-state index in [-0.39, 0.29) is 11.8 Å². The van der Waals surface area contributed by atoms with Crippen LogP contribution in [0.2, 0.25) is 0 Å². The fraction of sp³-hybridized carbons (Fsp3) is 0.524. The third-order valence-corrected chi connectivity index (χ3v) is 5.98. The molecule has 5 nitrogen and oxygen atoms in total. The summed E-state index contributed by atoms with van der Waals surface area (Å²) in [5.74, 6) is 0.269. The summed E-state index contributed by atoms with van der Waals surface area (Å²) >= 11 is 3.41. The molecule has 0 bridgehead atoms. The Morgan fingerprint density at radius 2 is 1.78 bits per heavy atom. The molecule has 3 rings (SSSR count). The van der Waals surface area contributed by atoms with Crippen molar-refractivity contribution in [2.75, 3.05) is 39.3 Å². The predicted molar refractivity (Wildman–Crippen MR) is 111 cm³/mol. The molecule has 0 spiro atoms. The molecule has 2 aliphatic rings. The van der Waals surface area contributed by atoms with Gasteiger partial charge in [-0.1, -0.05) is 28.1 Å². The van der Waals surface area contributed by atoms with E-state index in [0.717, 1.165) is 42.5 Å². The minimum Gasteiger partial charge on any atom is -0.339 e. The Bertz CT molecular complexity index is 681. The van der Waals surface area contributed by atoms with Crippen molar-refractivity contribution in [3.63, 3.8) is 0 Å². The Hall–Kier alpha value is -1.66. The van der Waals surface area contributed by atoms with Gasteiger partial charge in [0.2, 0.25) is 11.8 Å². The first-order valence-electron chi connectivity index (χ1n) is 9.77. The molecule has 146 valence electrons. The largest absolute Gasteiger partial charge is 0.339 e. The van der Waals surface area contributed by atoms with Gasteiger partial charge in [0.15, 0.2) is 0 Å². The maximum atomic E-state index is 12.6. The van der Waals surface area contributed by atoms with Gasteiger partial charge in [-0.25, -0.2) is 0 Å². The number of amides is 2. The molecule has 0 N–H and O–H groups in total. The van der Waals surface area contributed by atoms with Crippen molar-refractivity contribution in [1.29, 1.82) is 0 Å². The highest BCUT2D eigenvalue weighted by atomic mass is 79.9. The summed E-state index contributed by atoms with van der Waals surface area (Å²) in [7, 11) is 0. The number of hydrogen-bond donors (Lipinski definition) is 0. The van der Waals surface area contributed by atoms with E-state index in [9.17, 15) is 9.59 Å². The number of nitrogens with zero attached hydrogens (tertiary/aromatic N) is 3. The number of benzene rings is 1. The highest BCUT2D eigenvalue weighted by Gasteiger charge is 2.26. The molecule has 1 aromatic carbocycles. The van der Waals surface area contributed by atoms with Crippen LogP contribution in [0.1, 0.15) is 31.7 Å². The zero-order valence-corrected chi connectivity index (χ0v) is 17.5. The number of piperazine rings is 1. The van der Waals surface area contributed by atoms with Crippen LogP contribution in [-0.2, 0) is 9.59 Å². The second-order valence-electron chi connectivity index (χ2n) is 7.42. The summed E-state index contributed by atoms with van der Waals surface area (Å²) in [6.45, 7) is 6.36. The van der Waals surface area contributed by atoms with Crippen LogP contribution in [0, 0.1) is 0 Å². The second-order valence-corrected chi connectivity index (χ2v) is 8.33. The normalized spacial score (nSPS) is 21.6. The van der Waals surface area contributed by atoms with Crippen molar-refractivity contribution in [3.05, 3.63) is 40.4 Å². The lowest BCUT2D eigenvalue weighted by molar-refractivity contribution is -0.136. The number of carbonyl (C=O) groups is 2. The molecular weight excluding hydrogens is 406 g/mol.